The van der Waals surface area contributed by atoms with Crippen LogP contribution in [0.4, 0.5) is 3.89 Å². The van der Waals surface area contributed by atoms with Gasteiger partial charge in [0.05, 0.1) is 5.75 Å². The molecule has 0 saturated heterocycles. The Morgan fingerprint density at radius 3 is 2.69 bits per heavy atom. The van der Waals surface area contributed by atoms with Crippen molar-refractivity contribution in [3.05, 3.63) is 16.4 Å². The Morgan fingerprint density at radius 1 is 1.69 bits per heavy atom. The fraction of sp³-hybridized carbons (Fsp3) is 0.500. The Balaban J connectivity index is 2.70. The molecule has 7 heteroatoms. The maximum absolute atomic E-state index is 12.1. The minimum absolute atomic E-state index is 0.133. The second-order valence-corrected chi connectivity index (χ2v) is 4.87. The summed E-state index contributed by atoms with van der Waals surface area (Å²) in [5.74, 6) is -0.501. The van der Waals surface area contributed by atoms with E-state index in [9.17, 15) is 12.3 Å². The highest BCUT2D eigenvalue weighted by Gasteiger charge is 2.10. The van der Waals surface area contributed by atoms with E-state index in [1.54, 1.807) is 13.1 Å². The van der Waals surface area contributed by atoms with Crippen LogP contribution in [0.5, 0.6) is 0 Å². The molecule has 1 rings (SSSR count). The number of rotatable bonds is 3. The molecule has 74 valence electrons. The molecule has 0 aliphatic heterocycles. The molecular weight excluding hydrogens is 263 g/mol. The first kappa shape index (κ1) is 10.6. The van der Waals surface area contributed by atoms with Gasteiger partial charge in [-0.3, -0.25) is 4.68 Å². The lowest BCUT2D eigenvalue weighted by atomic mass is 10.3. The van der Waals surface area contributed by atoms with E-state index in [1.807, 2.05) is 0 Å². The first-order chi connectivity index (χ1) is 5.88. The topological polar surface area (TPSA) is 52.0 Å². The minimum atomic E-state index is -4.39. The summed E-state index contributed by atoms with van der Waals surface area (Å²) >= 11 is 3.13. The Kier molecular flexibility index (Phi) is 3.07. The number of aryl methyl sites for hydroxylation is 2. The molecule has 1 aromatic heterocycles. The lowest BCUT2D eigenvalue weighted by Gasteiger charge is -1.97. The van der Waals surface area contributed by atoms with Crippen LogP contribution in [-0.4, -0.2) is 24.0 Å². The molecule has 13 heavy (non-hydrogen) atoms. The van der Waals surface area contributed by atoms with Crippen molar-refractivity contribution in [2.24, 2.45) is 7.05 Å². The van der Waals surface area contributed by atoms with E-state index in [-0.39, 0.29) is 6.42 Å². The maximum atomic E-state index is 12.1. The Hall–Kier alpha value is -0.430. The Bertz CT molecular complexity index is 401. The number of hydrogen-bond acceptors (Lipinski definition) is 3. The van der Waals surface area contributed by atoms with Gasteiger partial charge in [-0.2, -0.15) is 13.5 Å². The summed E-state index contributed by atoms with van der Waals surface area (Å²) < 4.78 is 34.7. The molecule has 0 fully saturated rings. The molecule has 0 spiro atoms. The van der Waals surface area contributed by atoms with Gasteiger partial charge >= 0.3 is 10.2 Å². The Morgan fingerprint density at radius 2 is 2.31 bits per heavy atom. The van der Waals surface area contributed by atoms with Crippen LogP contribution < -0.4 is 0 Å². The van der Waals surface area contributed by atoms with Crippen LogP contribution in [0, 0.1) is 0 Å². The van der Waals surface area contributed by atoms with Crippen molar-refractivity contribution in [3.8, 4) is 0 Å². The van der Waals surface area contributed by atoms with Gasteiger partial charge < -0.3 is 0 Å². The van der Waals surface area contributed by atoms with Gasteiger partial charge in [-0.15, -0.1) is 3.89 Å². The van der Waals surface area contributed by atoms with Crippen molar-refractivity contribution in [1.29, 1.82) is 0 Å². The van der Waals surface area contributed by atoms with Crippen LogP contribution in [0.2, 0.25) is 0 Å². The van der Waals surface area contributed by atoms with Gasteiger partial charge in [-0.25, -0.2) is 0 Å². The SMILES string of the molecule is Cn1nc(Br)cc1CCS(=O)(=O)F. The quantitative estimate of drug-likeness (QED) is 0.771. The van der Waals surface area contributed by atoms with Gasteiger partial charge in [0.25, 0.3) is 0 Å². The van der Waals surface area contributed by atoms with Gasteiger partial charge in [0, 0.05) is 19.2 Å². The third-order valence-electron chi connectivity index (χ3n) is 1.55. The maximum Gasteiger partial charge on any atom is 0.302 e. The molecule has 1 aromatic rings. The molecule has 0 bridgehead atoms. The molecule has 4 nitrogen and oxygen atoms in total. The highest BCUT2D eigenvalue weighted by Crippen LogP contribution is 2.10. The van der Waals surface area contributed by atoms with Crippen LogP contribution in [0.15, 0.2) is 10.7 Å². The van der Waals surface area contributed by atoms with E-state index in [4.69, 9.17) is 0 Å². The summed E-state index contributed by atoms with van der Waals surface area (Å²) in [6.07, 6.45) is 0.133. The fourth-order valence-electron chi connectivity index (χ4n) is 0.928. The largest absolute Gasteiger partial charge is 0.302 e. The van der Waals surface area contributed by atoms with E-state index in [0.29, 0.717) is 10.3 Å². The van der Waals surface area contributed by atoms with Gasteiger partial charge in [-0.05, 0) is 22.0 Å². The van der Waals surface area contributed by atoms with E-state index >= 15 is 0 Å². The molecule has 0 unspecified atom stereocenters. The average molecular weight is 271 g/mol. The molecule has 1 heterocycles. The third-order valence-corrected chi connectivity index (χ3v) is 2.63. The fourth-order valence-corrected chi connectivity index (χ4v) is 1.88. The van der Waals surface area contributed by atoms with Crippen molar-refractivity contribution in [2.45, 2.75) is 6.42 Å². The molecule has 0 radical (unpaired) electrons. The van der Waals surface area contributed by atoms with Gasteiger partial charge in [0.1, 0.15) is 4.60 Å². The first-order valence-corrected chi connectivity index (χ1v) is 5.84. The van der Waals surface area contributed by atoms with Crippen molar-refractivity contribution in [1.82, 2.24) is 9.78 Å². The predicted octanol–water partition coefficient (Wildman–Crippen LogP) is 1.02. The molecular formula is C6H8BrFN2O2S. The van der Waals surface area contributed by atoms with Gasteiger partial charge in [0.15, 0.2) is 0 Å². The van der Waals surface area contributed by atoms with E-state index in [2.05, 4.69) is 21.0 Å². The van der Waals surface area contributed by atoms with Crippen molar-refractivity contribution < 1.29 is 12.3 Å². The zero-order valence-electron chi connectivity index (χ0n) is 6.87. The molecule has 0 saturated carbocycles. The second kappa shape index (κ2) is 3.75. The van der Waals surface area contributed by atoms with Crippen LogP contribution >= 0.6 is 15.9 Å². The van der Waals surface area contributed by atoms with Crippen LogP contribution in [0.3, 0.4) is 0 Å². The third kappa shape index (κ3) is 3.43. The predicted molar refractivity (Wildman–Crippen MR) is 49.5 cm³/mol. The van der Waals surface area contributed by atoms with Crippen LogP contribution in [-0.2, 0) is 23.7 Å². The summed E-state index contributed by atoms with van der Waals surface area (Å²) in [5, 5.41) is 3.93. The van der Waals surface area contributed by atoms with E-state index < -0.39 is 16.0 Å². The van der Waals surface area contributed by atoms with Crippen molar-refractivity contribution in [2.75, 3.05) is 5.75 Å². The molecule has 0 aromatic carbocycles. The monoisotopic (exact) mass is 270 g/mol. The molecule has 0 N–H and O–H groups in total. The van der Waals surface area contributed by atoms with Gasteiger partial charge in [-0.1, -0.05) is 0 Å². The summed E-state index contributed by atoms with van der Waals surface area (Å²) in [4.78, 5) is 0. The number of nitrogens with zero attached hydrogens (tertiary/aromatic N) is 2. The lowest BCUT2D eigenvalue weighted by molar-refractivity contribution is 0.550. The van der Waals surface area contributed by atoms with Crippen LogP contribution in [0.25, 0.3) is 0 Å². The summed E-state index contributed by atoms with van der Waals surface area (Å²) in [6.45, 7) is 0. The normalized spacial score (nSPS) is 11.9. The smallest absolute Gasteiger partial charge is 0.271 e. The zero-order valence-corrected chi connectivity index (χ0v) is 9.27. The summed E-state index contributed by atoms with van der Waals surface area (Å²) in [5.41, 5.74) is 0.674. The summed E-state index contributed by atoms with van der Waals surface area (Å²) in [7, 11) is -2.71. The second-order valence-electron chi connectivity index (χ2n) is 2.57. The minimum Gasteiger partial charge on any atom is -0.271 e. The van der Waals surface area contributed by atoms with E-state index in [1.165, 1.54) is 4.68 Å². The highest BCUT2D eigenvalue weighted by atomic mass is 79.9. The van der Waals surface area contributed by atoms with Crippen molar-refractivity contribution >= 4 is 26.2 Å². The summed E-state index contributed by atoms with van der Waals surface area (Å²) in [6, 6.07) is 1.66. The molecule has 0 aliphatic carbocycles. The average Bonchev–Trinajstić information content (AvgIpc) is 2.24. The van der Waals surface area contributed by atoms with Gasteiger partial charge in [0.2, 0.25) is 0 Å². The zero-order chi connectivity index (χ0) is 10.1. The standard InChI is InChI=1S/C6H8BrFN2O2S/c1-10-5(4-6(7)9-10)2-3-13(8,11)12/h4H,2-3H2,1H3. The molecule has 0 amide bonds. The van der Waals surface area contributed by atoms with E-state index in [0.717, 1.165) is 0 Å². The van der Waals surface area contributed by atoms with Crippen molar-refractivity contribution in [3.63, 3.8) is 0 Å². The Labute approximate surface area is 84.1 Å². The number of halogens is 2. The number of hydrogen-bond donors (Lipinski definition) is 0. The lowest BCUT2D eigenvalue weighted by Crippen LogP contribution is -2.06. The number of aromatic nitrogens is 2. The first-order valence-electron chi connectivity index (χ1n) is 3.49. The molecule has 0 atom stereocenters. The highest BCUT2D eigenvalue weighted by molar-refractivity contribution is 9.10. The molecule has 0 aliphatic rings. The van der Waals surface area contributed by atoms with Crippen LogP contribution in [0.1, 0.15) is 5.69 Å².